The average molecular weight is 528 g/mol. The quantitative estimate of drug-likeness (QED) is 0.491. The molecule has 1 saturated carbocycles. The summed E-state index contributed by atoms with van der Waals surface area (Å²) >= 11 is 0. The Morgan fingerprint density at radius 3 is 2.49 bits per heavy atom. The predicted octanol–water partition coefficient (Wildman–Crippen LogP) is 4.68. The summed E-state index contributed by atoms with van der Waals surface area (Å²) in [5.41, 5.74) is 3.48. The second kappa shape index (κ2) is 11.6. The number of carbonyl (C=O) groups is 1. The predicted molar refractivity (Wildman–Crippen MR) is 145 cm³/mol. The summed E-state index contributed by atoms with van der Waals surface area (Å²) in [6, 6.07) is 8.60. The maximum Gasteiger partial charge on any atom is 0.251 e. The molecule has 4 rings (SSSR count). The van der Waals surface area contributed by atoms with Gasteiger partial charge in [0.15, 0.2) is 9.84 Å². The minimum Gasteiger partial charge on any atom is -0.394 e. The molecule has 2 aliphatic rings. The van der Waals surface area contributed by atoms with E-state index in [1.807, 2.05) is 12.1 Å². The summed E-state index contributed by atoms with van der Waals surface area (Å²) in [6.45, 7) is 10.1. The van der Waals surface area contributed by atoms with Crippen LogP contribution in [0, 0.1) is 17.8 Å². The van der Waals surface area contributed by atoms with E-state index in [0.29, 0.717) is 23.2 Å². The van der Waals surface area contributed by atoms with Crippen LogP contribution in [0.5, 0.6) is 0 Å². The number of nitrogens with one attached hydrogen (secondary N) is 1. The summed E-state index contributed by atoms with van der Waals surface area (Å²) < 4.78 is 24.1. The number of aliphatic hydroxyl groups excluding tert-OH is 1. The minimum absolute atomic E-state index is 0.0124. The number of carbonyl (C=O) groups excluding carboxylic acids is 1. The molecule has 2 aromatic rings. The molecule has 1 aromatic heterocycles. The summed E-state index contributed by atoms with van der Waals surface area (Å²) in [5, 5.41) is 12.8. The van der Waals surface area contributed by atoms with E-state index >= 15 is 0 Å². The normalized spacial score (nSPS) is 23.1. The number of aliphatic hydroxyl groups is 1. The van der Waals surface area contributed by atoms with Gasteiger partial charge in [-0.05, 0) is 66.0 Å². The average Bonchev–Trinajstić information content (AvgIpc) is 3.25. The lowest BCUT2D eigenvalue weighted by Crippen LogP contribution is -2.32. The number of hydrogen-bond donors (Lipinski definition) is 2. The standard InChI is InChI=1S/C29H41N3O4S/c1-5-37(35,36)24-11-13-26(30-15-24)27(18-33)31-29(34)22-10-12-25-23(14-22)17-32(28(25)19(2)3)16-21-8-6-20(4)7-9-21/h10-15,19-21,27-28,33H,5-9,16-18H2,1-4H3,(H,31,34)/t20?,21?,27-,28-/m0/s1. The third-order valence-corrected chi connectivity index (χ3v) is 9.81. The summed E-state index contributed by atoms with van der Waals surface area (Å²) in [6.07, 6.45) is 6.52. The first-order valence-electron chi connectivity index (χ1n) is 13.6. The fourth-order valence-corrected chi connectivity index (χ4v) is 6.71. The van der Waals surface area contributed by atoms with Crippen LogP contribution < -0.4 is 5.32 Å². The van der Waals surface area contributed by atoms with Gasteiger partial charge in [0.2, 0.25) is 0 Å². The van der Waals surface area contributed by atoms with Gasteiger partial charge in [-0.3, -0.25) is 14.7 Å². The van der Waals surface area contributed by atoms with Crippen LogP contribution >= 0.6 is 0 Å². The van der Waals surface area contributed by atoms with Gasteiger partial charge < -0.3 is 10.4 Å². The zero-order chi connectivity index (χ0) is 26.7. The second-order valence-corrected chi connectivity index (χ2v) is 13.5. The van der Waals surface area contributed by atoms with E-state index in [0.717, 1.165) is 24.9 Å². The van der Waals surface area contributed by atoms with Gasteiger partial charge in [0.1, 0.15) is 0 Å². The van der Waals surface area contributed by atoms with Crippen molar-refractivity contribution in [3.63, 3.8) is 0 Å². The van der Waals surface area contributed by atoms with Gasteiger partial charge in [0.25, 0.3) is 5.91 Å². The molecule has 2 atom stereocenters. The van der Waals surface area contributed by atoms with Crippen LogP contribution in [-0.2, 0) is 16.4 Å². The number of pyridine rings is 1. The molecule has 0 unspecified atom stereocenters. The van der Waals surface area contributed by atoms with Crippen molar-refractivity contribution in [2.24, 2.45) is 17.8 Å². The Bertz CT molecular complexity index is 1190. The van der Waals surface area contributed by atoms with Gasteiger partial charge in [-0.2, -0.15) is 0 Å². The number of fused-ring (bicyclic) bond motifs is 1. The number of benzene rings is 1. The highest BCUT2D eigenvalue weighted by Gasteiger charge is 2.34. The van der Waals surface area contributed by atoms with Gasteiger partial charge in [-0.15, -0.1) is 0 Å². The molecule has 1 aliphatic heterocycles. The number of hydrogen-bond acceptors (Lipinski definition) is 6. The van der Waals surface area contributed by atoms with Gasteiger partial charge >= 0.3 is 0 Å². The second-order valence-electron chi connectivity index (χ2n) is 11.2. The van der Waals surface area contributed by atoms with Crippen molar-refractivity contribution in [1.82, 2.24) is 15.2 Å². The minimum atomic E-state index is -3.36. The zero-order valence-electron chi connectivity index (χ0n) is 22.5. The van der Waals surface area contributed by atoms with Gasteiger partial charge in [0, 0.05) is 30.9 Å². The number of amides is 1. The van der Waals surface area contributed by atoms with Crippen LogP contribution in [0.25, 0.3) is 0 Å². The first-order valence-corrected chi connectivity index (χ1v) is 15.3. The number of rotatable bonds is 9. The van der Waals surface area contributed by atoms with Crippen molar-refractivity contribution >= 4 is 15.7 Å². The first-order chi connectivity index (χ1) is 17.6. The summed E-state index contributed by atoms with van der Waals surface area (Å²) in [7, 11) is -3.36. The van der Waals surface area contributed by atoms with Crippen molar-refractivity contribution in [3.8, 4) is 0 Å². The fourth-order valence-electron chi connectivity index (χ4n) is 5.89. The zero-order valence-corrected chi connectivity index (χ0v) is 23.3. The SMILES string of the molecule is CCS(=O)(=O)c1ccc([C@H](CO)NC(=O)c2ccc3c(c2)CN(CC2CCC(C)CC2)[C@H]3C(C)C)nc1. The van der Waals surface area contributed by atoms with Crippen molar-refractivity contribution in [3.05, 3.63) is 58.9 Å². The Balaban J connectivity index is 1.47. The molecule has 37 heavy (non-hydrogen) atoms. The molecule has 2 heterocycles. The van der Waals surface area contributed by atoms with Crippen LogP contribution in [0.3, 0.4) is 0 Å². The molecule has 1 aromatic carbocycles. The van der Waals surface area contributed by atoms with Crippen molar-refractivity contribution in [2.75, 3.05) is 18.9 Å². The molecule has 1 aliphatic carbocycles. The number of aromatic nitrogens is 1. The highest BCUT2D eigenvalue weighted by atomic mass is 32.2. The van der Waals surface area contributed by atoms with Crippen LogP contribution in [0.2, 0.25) is 0 Å². The van der Waals surface area contributed by atoms with E-state index in [2.05, 4.69) is 42.0 Å². The third-order valence-electron chi connectivity index (χ3n) is 8.09. The molecule has 7 nitrogen and oxygen atoms in total. The highest BCUT2D eigenvalue weighted by Crippen LogP contribution is 2.41. The topological polar surface area (TPSA) is 99.6 Å². The lowest BCUT2D eigenvalue weighted by molar-refractivity contribution is 0.0914. The largest absolute Gasteiger partial charge is 0.394 e. The summed E-state index contributed by atoms with van der Waals surface area (Å²) in [5.74, 6) is 1.77. The number of sulfone groups is 1. The smallest absolute Gasteiger partial charge is 0.251 e. The van der Waals surface area contributed by atoms with Crippen molar-refractivity contribution in [2.45, 2.75) is 76.9 Å². The van der Waals surface area contributed by atoms with Crippen LogP contribution in [0.4, 0.5) is 0 Å². The molecule has 202 valence electrons. The van der Waals surface area contributed by atoms with Gasteiger partial charge in [0.05, 0.1) is 29.0 Å². The monoisotopic (exact) mass is 527 g/mol. The lowest BCUT2D eigenvalue weighted by atomic mass is 9.82. The van der Waals surface area contributed by atoms with E-state index in [1.54, 1.807) is 13.0 Å². The molecule has 0 bridgehead atoms. The van der Waals surface area contributed by atoms with E-state index < -0.39 is 15.9 Å². The Kier molecular flexibility index (Phi) is 8.71. The van der Waals surface area contributed by atoms with Crippen molar-refractivity contribution in [1.29, 1.82) is 0 Å². The highest BCUT2D eigenvalue weighted by molar-refractivity contribution is 7.91. The molecule has 1 fully saturated rings. The van der Waals surface area contributed by atoms with E-state index in [9.17, 15) is 18.3 Å². The van der Waals surface area contributed by atoms with E-state index in [1.165, 1.54) is 49.1 Å². The lowest BCUT2D eigenvalue weighted by Gasteiger charge is -2.34. The Morgan fingerprint density at radius 1 is 1.16 bits per heavy atom. The molecule has 2 N–H and O–H groups in total. The Labute approximate surface area is 221 Å². The first kappa shape index (κ1) is 27.7. The van der Waals surface area contributed by atoms with Gasteiger partial charge in [-0.25, -0.2) is 8.42 Å². The fraction of sp³-hybridized carbons (Fsp3) is 0.586. The van der Waals surface area contributed by atoms with Crippen LogP contribution in [-0.4, -0.2) is 48.2 Å². The van der Waals surface area contributed by atoms with Crippen LogP contribution in [0.15, 0.2) is 41.4 Å². The maximum atomic E-state index is 13.1. The number of nitrogens with zero attached hydrogens (tertiary/aromatic N) is 2. The Hall–Kier alpha value is -2.29. The molecular formula is C29H41N3O4S. The van der Waals surface area contributed by atoms with Crippen molar-refractivity contribution < 1.29 is 18.3 Å². The van der Waals surface area contributed by atoms with Crippen LogP contribution in [0.1, 0.15) is 92.6 Å². The molecule has 0 radical (unpaired) electrons. The molecule has 1 amide bonds. The molecule has 0 spiro atoms. The maximum absolute atomic E-state index is 13.1. The van der Waals surface area contributed by atoms with E-state index in [-0.39, 0.29) is 23.2 Å². The molecule has 0 saturated heterocycles. The molecule has 8 heteroatoms. The summed E-state index contributed by atoms with van der Waals surface area (Å²) in [4.78, 5) is 20.1. The Morgan fingerprint density at radius 2 is 1.89 bits per heavy atom. The van der Waals surface area contributed by atoms with Gasteiger partial charge in [-0.1, -0.05) is 46.6 Å². The third kappa shape index (κ3) is 6.24. The molecular weight excluding hydrogens is 486 g/mol. The van der Waals surface area contributed by atoms with E-state index in [4.69, 9.17) is 0 Å².